The molecule has 4 nitrogen and oxygen atoms in total. The van der Waals surface area contributed by atoms with E-state index >= 15 is 0 Å². The lowest BCUT2D eigenvalue weighted by Crippen LogP contribution is -2.31. The predicted octanol–water partition coefficient (Wildman–Crippen LogP) is 2.59. The second kappa shape index (κ2) is 6.39. The monoisotopic (exact) mass is 293 g/mol. The fourth-order valence-electron chi connectivity index (χ4n) is 2.15. The highest BCUT2D eigenvalue weighted by molar-refractivity contribution is 6.30. The molecule has 1 heterocycles. The number of aliphatic hydroxyl groups excluding tert-OH is 1. The van der Waals surface area contributed by atoms with E-state index in [-0.39, 0.29) is 6.04 Å². The fraction of sp³-hybridized carbons (Fsp3) is 0.400. The normalized spacial score (nSPS) is 14.2. The van der Waals surface area contributed by atoms with Crippen LogP contribution in [0.4, 0.5) is 0 Å². The molecule has 0 fully saturated rings. The number of rotatable bonds is 5. The van der Waals surface area contributed by atoms with Gasteiger partial charge in [-0.25, -0.2) is 0 Å². The van der Waals surface area contributed by atoms with E-state index in [1.807, 2.05) is 39.2 Å². The molecule has 20 heavy (non-hydrogen) atoms. The number of halogens is 1. The van der Waals surface area contributed by atoms with E-state index in [0.29, 0.717) is 11.6 Å². The van der Waals surface area contributed by atoms with Gasteiger partial charge in [0.15, 0.2) is 0 Å². The molecular weight excluding hydrogens is 274 g/mol. The van der Waals surface area contributed by atoms with Gasteiger partial charge in [-0.2, -0.15) is 5.10 Å². The van der Waals surface area contributed by atoms with Crippen LogP contribution in [0.2, 0.25) is 5.02 Å². The van der Waals surface area contributed by atoms with Gasteiger partial charge < -0.3 is 10.4 Å². The van der Waals surface area contributed by atoms with Crippen LogP contribution in [0.5, 0.6) is 0 Å². The van der Waals surface area contributed by atoms with Crippen LogP contribution in [0.3, 0.4) is 0 Å². The van der Waals surface area contributed by atoms with E-state index in [2.05, 4.69) is 10.4 Å². The Balaban J connectivity index is 1.96. The minimum Gasteiger partial charge on any atom is -0.387 e. The zero-order valence-corrected chi connectivity index (χ0v) is 12.7. The summed E-state index contributed by atoms with van der Waals surface area (Å²) < 4.78 is 1.80. The van der Waals surface area contributed by atoms with Crippen molar-refractivity contribution in [2.75, 3.05) is 0 Å². The number of nitrogens with one attached hydrogen (secondary N) is 1. The van der Waals surface area contributed by atoms with Gasteiger partial charge in [0, 0.05) is 36.4 Å². The molecule has 0 spiro atoms. The molecule has 2 rings (SSSR count). The topological polar surface area (TPSA) is 50.1 Å². The minimum absolute atomic E-state index is 0.0595. The minimum atomic E-state index is -0.566. The number of benzene rings is 1. The molecule has 0 radical (unpaired) electrons. The smallest absolute Gasteiger partial charge is 0.0940 e. The maximum atomic E-state index is 10.3. The molecule has 2 atom stereocenters. The SMILES string of the molecule is Cc1nn(C)cc1CNC(C)C(O)c1ccc(Cl)cc1. The van der Waals surface area contributed by atoms with Crippen molar-refractivity contribution in [1.82, 2.24) is 15.1 Å². The van der Waals surface area contributed by atoms with Crippen LogP contribution < -0.4 is 5.32 Å². The van der Waals surface area contributed by atoms with Gasteiger partial charge in [-0.05, 0) is 31.5 Å². The molecule has 0 bridgehead atoms. The Kier molecular flexibility index (Phi) is 4.81. The van der Waals surface area contributed by atoms with E-state index in [1.165, 1.54) is 0 Å². The van der Waals surface area contributed by atoms with Gasteiger partial charge in [0.25, 0.3) is 0 Å². The number of hydrogen-bond acceptors (Lipinski definition) is 3. The lowest BCUT2D eigenvalue weighted by Gasteiger charge is -2.20. The molecule has 0 aliphatic carbocycles. The van der Waals surface area contributed by atoms with Crippen LogP contribution in [0, 0.1) is 6.92 Å². The van der Waals surface area contributed by atoms with Crippen molar-refractivity contribution in [3.8, 4) is 0 Å². The van der Waals surface area contributed by atoms with Gasteiger partial charge in [0.05, 0.1) is 11.8 Å². The first-order chi connectivity index (χ1) is 9.47. The van der Waals surface area contributed by atoms with Crippen LogP contribution in [0.25, 0.3) is 0 Å². The highest BCUT2D eigenvalue weighted by Gasteiger charge is 2.16. The van der Waals surface area contributed by atoms with E-state index in [9.17, 15) is 5.11 Å². The van der Waals surface area contributed by atoms with Gasteiger partial charge in [-0.15, -0.1) is 0 Å². The summed E-state index contributed by atoms with van der Waals surface area (Å²) in [5, 5.41) is 18.6. The molecule has 2 aromatic rings. The third kappa shape index (κ3) is 3.60. The zero-order valence-electron chi connectivity index (χ0n) is 12.0. The molecule has 0 aliphatic rings. The summed E-state index contributed by atoms with van der Waals surface area (Å²) in [5.41, 5.74) is 3.01. The first-order valence-corrected chi connectivity index (χ1v) is 7.01. The standard InChI is InChI=1S/C15H20ClN3O/c1-10-13(9-19(3)18-10)8-17-11(2)15(20)12-4-6-14(16)7-5-12/h4-7,9,11,15,17,20H,8H2,1-3H3. The Morgan fingerprint density at radius 3 is 2.55 bits per heavy atom. The third-order valence-corrected chi connectivity index (χ3v) is 3.67. The number of nitrogens with zero attached hydrogens (tertiary/aromatic N) is 2. The number of aliphatic hydroxyl groups is 1. The van der Waals surface area contributed by atoms with Crippen LogP contribution in [0.15, 0.2) is 30.5 Å². The fourth-order valence-corrected chi connectivity index (χ4v) is 2.28. The van der Waals surface area contributed by atoms with Crippen LogP contribution in [-0.4, -0.2) is 20.9 Å². The maximum Gasteiger partial charge on any atom is 0.0940 e. The van der Waals surface area contributed by atoms with Gasteiger partial charge in [0.2, 0.25) is 0 Å². The molecule has 0 saturated heterocycles. The Morgan fingerprint density at radius 1 is 1.35 bits per heavy atom. The zero-order chi connectivity index (χ0) is 14.7. The van der Waals surface area contributed by atoms with Crippen molar-refractivity contribution >= 4 is 11.6 Å². The van der Waals surface area contributed by atoms with Crippen molar-refractivity contribution in [2.24, 2.45) is 7.05 Å². The van der Waals surface area contributed by atoms with Crippen LogP contribution >= 0.6 is 11.6 Å². The van der Waals surface area contributed by atoms with Crippen LogP contribution in [-0.2, 0) is 13.6 Å². The summed E-state index contributed by atoms with van der Waals surface area (Å²) in [5.74, 6) is 0. The summed E-state index contributed by atoms with van der Waals surface area (Å²) in [6, 6.07) is 7.22. The Bertz CT molecular complexity index is 565. The molecule has 0 amide bonds. The molecule has 0 aliphatic heterocycles. The lowest BCUT2D eigenvalue weighted by atomic mass is 10.0. The molecule has 108 valence electrons. The van der Waals surface area contributed by atoms with Gasteiger partial charge in [0.1, 0.15) is 0 Å². The van der Waals surface area contributed by atoms with Crippen molar-refractivity contribution < 1.29 is 5.11 Å². The molecule has 2 unspecified atom stereocenters. The van der Waals surface area contributed by atoms with Crippen molar-refractivity contribution in [3.05, 3.63) is 52.3 Å². The second-order valence-electron chi connectivity index (χ2n) is 5.08. The largest absolute Gasteiger partial charge is 0.387 e. The van der Waals surface area contributed by atoms with Crippen molar-refractivity contribution in [2.45, 2.75) is 32.5 Å². The Labute approximate surface area is 124 Å². The van der Waals surface area contributed by atoms with Gasteiger partial charge in [-0.3, -0.25) is 4.68 Å². The van der Waals surface area contributed by atoms with E-state index < -0.39 is 6.10 Å². The van der Waals surface area contributed by atoms with Gasteiger partial charge >= 0.3 is 0 Å². The molecule has 1 aromatic heterocycles. The number of aromatic nitrogens is 2. The average Bonchev–Trinajstić information content (AvgIpc) is 2.74. The third-order valence-electron chi connectivity index (χ3n) is 3.41. The van der Waals surface area contributed by atoms with E-state index in [4.69, 9.17) is 11.6 Å². The van der Waals surface area contributed by atoms with E-state index in [1.54, 1.807) is 16.8 Å². The highest BCUT2D eigenvalue weighted by Crippen LogP contribution is 2.19. The maximum absolute atomic E-state index is 10.3. The summed E-state index contributed by atoms with van der Waals surface area (Å²) in [4.78, 5) is 0. The first-order valence-electron chi connectivity index (χ1n) is 6.63. The predicted molar refractivity (Wildman–Crippen MR) is 80.7 cm³/mol. The number of aryl methyl sites for hydroxylation is 2. The lowest BCUT2D eigenvalue weighted by molar-refractivity contribution is 0.135. The summed E-state index contributed by atoms with van der Waals surface area (Å²) in [6.07, 6.45) is 1.42. The summed E-state index contributed by atoms with van der Waals surface area (Å²) >= 11 is 5.85. The summed E-state index contributed by atoms with van der Waals surface area (Å²) in [7, 11) is 1.91. The van der Waals surface area contributed by atoms with E-state index in [0.717, 1.165) is 16.8 Å². The van der Waals surface area contributed by atoms with Crippen molar-refractivity contribution in [1.29, 1.82) is 0 Å². The molecule has 1 aromatic carbocycles. The molecular formula is C15H20ClN3O. The highest BCUT2D eigenvalue weighted by atomic mass is 35.5. The Morgan fingerprint density at radius 2 is 2.00 bits per heavy atom. The Hall–Kier alpha value is -1.36. The molecule has 0 saturated carbocycles. The molecule has 2 N–H and O–H groups in total. The summed E-state index contributed by atoms with van der Waals surface area (Å²) in [6.45, 7) is 4.63. The van der Waals surface area contributed by atoms with Crippen molar-refractivity contribution in [3.63, 3.8) is 0 Å². The van der Waals surface area contributed by atoms with Gasteiger partial charge in [-0.1, -0.05) is 23.7 Å². The number of hydrogen-bond donors (Lipinski definition) is 2. The second-order valence-corrected chi connectivity index (χ2v) is 5.52. The van der Waals surface area contributed by atoms with Crippen LogP contribution in [0.1, 0.15) is 29.8 Å². The molecule has 5 heteroatoms. The first kappa shape index (κ1) is 15.0. The quantitative estimate of drug-likeness (QED) is 0.891. The average molecular weight is 294 g/mol.